The minimum atomic E-state index is -0.264. The monoisotopic (exact) mass is 365 g/mol. The third-order valence-corrected chi connectivity index (χ3v) is 4.08. The van der Waals surface area contributed by atoms with Crippen LogP contribution in [0.4, 0.5) is 21.9 Å². The first-order valence-corrected chi connectivity index (χ1v) is 8.78. The summed E-state index contributed by atoms with van der Waals surface area (Å²) in [6.45, 7) is 0.822. The van der Waals surface area contributed by atoms with E-state index in [4.69, 9.17) is 11.6 Å². The second-order valence-corrected chi connectivity index (χ2v) is 6.26. The van der Waals surface area contributed by atoms with Gasteiger partial charge in [0.2, 0.25) is 0 Å². The first kappa shape index (κ1) is 17.8. The molecule has 0 atom stereocenters. The summed E-state index contributed by atoms with van der Waals surface area (Å²) < 4.78 is 0. The molecule has 3 N–H and O–H groups in total. The molecule has 4 nitrogen and oxygen atoms in total. The molecule has 0 heterocycles. The van der Waals surface area contributed by atoms with E-state index in [1.165, 1.54) is 5.56 Å². The van der Waals surface area contributed by atoms with Crippen LogP contribution in [-0.4, -0.2) is 12.6 Å². The molecule has 132 valence electrons. The minimum absolute atomic E-state index is 0.264. The highest BCUT2D eigenvalue weighted by Crippen LogP contribution is 2.15. The number of hydrogen-bond acceptors (Lipinski definition) is 2. The number of benzene rings is 3. The molecule has 0 saturated carbocycles. The fourth-order valence-electron chi connectivity index (χ4n) is 2.49. The van der Waals surface area contributed by atoms with E-state index in [2.05, 4.69) is 16.0 Å². The van der Waals surface area contributed by atoms with Gasteiger partial charge < -0.3 is 16.0 Å². The molecule has 5 heteroatoms. The number of nitrogens with one attached hydrogen (secondary N) is 3. The van der Waals surface area contributed by atoms with Gasteiger partial charge in [-0.1, -0.05) is 41.9 Å². The average molecular weight is 366 g/mol. The van der Waals surface area contributed by atoms with E-state index in [-0.39, 0.29) is 6.03 Å². The molecule has 2 amide bonds. The molecule has 3 aromatic carbocycles. The molecule has 3 aromatic rings. The zero-order valence-electron chi connectivity index (χ0n) is 14.2. The molecule has 0 saturated heterocycles. The van der Waals surface area contributed by atoms with Crippen LogP contribution in [0.2, 0.25) is 5.02 Å². The van der Waals surface area contributed by atoms with Crippen LogP contribution < -0.4 is 16.0 Å². The summed E-state index contributed by atoms with van der Waals surface area (Å²) in [5.74, 6) is 0. The van der Waals surface area contributed by atoms with Gasteiger partial charge in [-0.2, -0.15) is 0 Å². The predicted molar refractivity (Wildman–Crippen MR) is 109 cm³/mol. The summed E-state index contributed by atoms with van der Waals surface area (Å²) in [6.07, 6.45) is 0.913. The third kappa shape index (κ3) is 5.53. The predicted octanol–water partition coefficient (Wildman–Crippen LogP) is 5.64. The quantitative estimate of drug-likeness (QED) is 0.529. The van der Waals surface area contributed by atoms with Gasteiger partial charge in [-0.25, -0.2) is 4.79 Å². The first-order valence-electron chi connectivity index (χ1n) is 8.40. The zero-order chi connectivity index (χ0) is 18.2. The van der Waals surface area contributed by atoms with Crippen LogP contribution in [0.1, 0.15) is 5.56 Å². The maximum absolute atomic E-state index is 12.0. The number of amides is 2. The van der Waals surface area contributed by atoms with Crippen molar-refractivity contribution in [3.63, 3.8) is 0 Å². The fraction of sp³-hybridized carbons (Fsp3) is 0.0952. The van der Waals surface area contributed by atoms with Crippen molar-refractivity contribution in [1.29, 1.82) is 0 Å². The van der Waals surface area contributed by atoms with Crippen molar-refractivity contribution in [2.75, 3.05) is 22.5 Å². The summed E-state index contributed by atoms with van der Waals surface area (Å²) in [7, 11) is 0. The summed E-state index contributed by atoms with van der Waals surface area (Å²) in [5, 5.41) is 9.72. The maximum atomic E-state index is 12.0. The van der Waals surface area contributed by atoms with E-state index >= 15 is 0 Å². The van der Waals surface area contributed by atoms with E-state index in [1.54, 1.807) is 0 Å². The second kappa shape index (κ2) is 8.92. The Morgan fingerprint density at radius 2 is 1.31 bits per heavy atom. The van der Waals surface area contributed by atoms with Crippen LogP contribution in [-0.2, 0) is 6.42 Å². The third-order valence-electron chi connectivity index (χ3n) is 3.83. The normalized spacial score (nSPS) is 10.2. The number of para-hydroxylation sites is 1. The fourth-order valence-corrected chi connectivity index (χ4v) is 2.61. The molecule has 0 radical (unpaired) electrons. The molecule has 26 heavy (non-hydrogen) atoms. The standard InChI is InChI=1S/C21H20ClN3O/c22-17-8-6-16(7-9-17)14-15-23-18-10-12-20(13-11-18)25-21(26)24-19-4-2-1-3-5-19/h1-13,23H,14-15H2,(H2,24,25,26). The first-order chi connectivity index (χ1) is 12.7. The van der Waals surface area contributed by atoms with Crippen molar-refractivity contribution < 1.29 is 4.79 Å². The Morgan fingerprint density at radius 1 is 0.731 bits per heavy atom. The van der Waals surface area contributed by atoms with Crippen molar-refractivity contribution in [2.45, 2.75) is 6.42 Å². The van der Waals surface area contributed by atoms with Gasteiger partial charge in [0.1, 0.15) is 0 Å². The van der Waals surface area contributed by atoms with Crippen molar-refractivity contribution in [3.8, 4) is 0 Å². The Kier molecular flexibility index (Phi) is 6.12. The Balaban J connectivity index is 1.45. The van der Waals surface area contributed by atoms with Crippen LogP contribution in [0.3, 0.4) is 0 Å². The van der Waals surface area contributed by atoms with Gasteiger partial charge in [-0.05, 0) is 60.5 Å². The van der Waals surface area contributed by atoms with Gasteiger partial charge in [0.05, 0.1) is 0 Å². The summed E-state index contributed by atoms with van der Waals surface area (Å²) in [6, 6.07) is 24.6. The lowest BCUT2D eigenvalue weighted by Crippen LogP contribution is -2.19. The highest BCUT2D eigenvalue weighted by atomic mass is 35.5. The maximum Gasteiger partial charge on any atom is 0.323 e. The van der Waals surface area contributed by atoms with Gasteiger partial charge in [-0.3, -0.25) is 0 Å². The van der Waals surface area contributed by atoms with Gasteiger partial charge in [0, 0.05) is 28.6 Å². The van der Waals surface area contributed by atoms with Crippen molar-refractivity contribution >= 4 is 34.7 Å². The van der Waals surface area contributed by atoms with Crippen LogP contribution in [0, 0.1) is 0 Å². The van der Waals surface area contributed by atoms with Gasteiger partial charge in [0.15, 0.2) is 0 Å². The van der Waals surface area contributed by atoms with Crippen LogP contribution >= 0.6 is 11.6 Å². The van der Waals surface area contributed by atoms with E-state index < -0.39 is 0 Å². The Labute approximate surface area is 158 Å². The number of carbonyl (C=O) groups is 1. The highest BCUT2D eigenvalue weighted by Gasteiger charge is 2.02. The van der Waals surface area contributed by atoms with Gasteiger partial charge in [0.25, 0.3) is 0 Å². The van der Waals surface area contributed by atoms with Crippen molar-refractivity contribution in [2.24, 2.45) is 0 Å². The van der Waals surface area contributed by atoms with Gasteiger partial charge in [-0.15, -0.1) is 0 Å². The lowest BCUT2D eigenvalue weighted by atomic mass is 10.1. The second-order valence-electron chi connectivity index (χ2n) is 5.83. The number of anilines is 3. The molecular weight excluding hydrogens is 346 g/mol. The molecule has 0 unspecified atom stereocenters. The Morgan fingerprint density at radius 3 is 1.96 bits per heavy atom. The van der Waals surface area contributed by atoms with E-state index in [1.807, 2.05) is 78.9 Å². The lowest BCUT2D eigenvalue weighted by Gasteiger charge is -2.10. The van der Waals surface area contributed by atoms with E-state index in [9.17, 15) is 4.79 Å². The molecule has 0 aliphatic heterocycles. The SMILES string of the molecule is O=C(Nc1ccccc1)Nc1ccc(NCCc2ccc(Cl)cc2)cc1. The van der Waals surface area contributed by atoms with Crippen molar-refractivity contribution in [1.82, 2.24) is 0 Å². The van der Waals surface area contributed by atoms with E-state index in [0.29, 0.717) is 0 Å². The van der Waals surface area contributed by atoms with Crippen LogP contribution in [0.5, 0.6) is 0 Å². The molecule has 0 aliphatic rings. The van der Waals surface area contributed by atoms with Crippen molar-refractivity contribution in [3.05, 3.63) is 89.4 Å². The number of urea groups is 1. The number of rotatable bonds is 6. The summed E-state index contributed by atoms with van der Waals surface area (Å²) >= 11 is 5.89. The Hall–Kier alpha value is -2.98. The average Bonchev–Trinajstić information content (AvgIpc) is 2.65. The Bertz CT molecular complexity index is 833. The zero-order valence-corrected chi connectivity index (χ0v) is 15.0. The molecule has 0 aromatic heterocycles. The molecule has 3 rings (SSSR count). The number of halogens is 1. The largest absolute Gasteiger partial charge is 0.385 e. The summed E-state index contributed by atoms with van der Waals surface area (Å²) in [4.78, 5) is 12.0. The van der Waals surface area contributed by atoms with Crippen LogP contribution in [0.15, 0.2) is 78.9 Å². The highest BCUT2D eigenvalue weighted by molar-refractivity contribution is 6.30. The molecule has 0 spiro atoms. The lowest BCUT2D eigenvalue weighted by molar-refractivity contribution is 0.262. The molecule has 0 bridgehead atoms. The minimum Gasteiger partial charge on any atom is -0.385 e. The summed E-state index contributed by atoms with van der Waals surface area (Å²) in [5.41, 5.74) is 3.73. The molecule has 0 fully saturated rings. The van der Waals surface area contributed by atoms with Gasteiger partial charge >= 0.3 is 6.03 Å². The van der Waals surface area contributed by atoms with E-state index in [0.717, 1.165) is 35.1 Å². The molecule has 0 aliphatic carbocycles. The number of carbonyl (C=O) groups excluding carboxylic acids is 1. The topological polar surface area (TPSA) is 53.2 Å². The molecular formula is C21H20ClN3O. The van der Waals surface area contributed by atoms with Crippen LogP contribution in [0.25, 0.3) is 0 Å². The smallest absolute Gasteiger partial charge is 0.323 e. The number of hydrogen-bond donors (Lipinski definition) is 3.